The Morgan fingerprint density at radius 3 is 2.65 bits per heavy atom. The number of rotatable bonds is 4. The maximum atomic E-state index is 11.2. The van der Waals surface area contributed by atoms with E-state index in [0.29, 0.717) is 11.5 Å². The molecule has 0 bridgehead atoms. The van der Waals surface area contributed by atoms with Gasteiger partial charge in [-0.25, -0.2) is 9.78 Å². The Balaban J connectivity index is 1.85. The summed E-state index contributed by atoms with van der Waals surface area (Å²) in [5.41, 5.74) is 2.86. The Morgan fingerprint density at radius 2 is 1.88 bits per heavy atom. The van der Waals surface area contributed by atoms with Gasteiger partial charge in [0.2, 0.25) is 5.28 Å². The number of benzene rings is 2. The van der Waals surface area contributed by atoms with Crippen LogP contribution in [0.4, 0.5) is 11.5 Å². The minimum atomic E-state index is -0.986. The second-order valence-electron chi connectivity index (χ2n) is 5.55. The number of anilines is 2. The molecule has 128 valence electrons. The van der Waals surface area contributed by atoms with Gasteiger partial charge in [-0.2, -0.15) is 4.98 Å². The van der Waals surface area contributed by atoms with Crippen molar-refractivity contribution in [2.24, 2.45) is 0 Å². The zero-order chi connectivity index (χ0) is 18.1. The molecule has 0 fully saturated rings. The normalized spacial score (nSPS) is 10.8. The van der Waals surface area contributed by atoms with Crippen LogP contribution in [0, 0.1) is 0 Å². The highest BCUT2D eigenvalue weighted by Crippen LogP contribution is 2.38. The average Bonchev–Trinajstić information content (AvgIpc) is 3.06. The minimum absolute atomic E-state index is 0.135. The molecule has 2 aromatic carbocycles. The summed E-state index contributed by atoms with van der Waals surface area (Å²) in [5.74, 6) is -0.442. The summed E-state index contributed by atoms with van der Waals surface area (Å²) in [4.78, 5) is 20.6. The summed E-state index contributed by atoms with van der Waals surface area (Å²) in [6, 6.07) is 16.5. The smallest absolute Gasteiger partial charge is 0.335 e. The van der Waals surface area contributed by atoms with Crippen LogP contribution in [0.1, 0.15) is 10.4 Å². The zero-order valence-electron chi connectivity index (χ0n) is 13.3. The quantitative estimate of drug-likeness (QED) is 0.459. The van der Waals surface area contributed by atoms with E-state index in [9.17, 15) is 9.90 Å². The largest absolute Gasteiger partial charge is 0.478 e. The lowest BCUT2D eigenvalue weighted by atomic mass is 10.1. The first-order valence-electron chi connectivity index (χ1n) is 7.72. The predicted octanol–water partition coefficient (Wildman–Crippen LogP) is 5.45. The highest BCUT2D eigenvalue weighted by atomic mass is 35.5. The molecular formula is C19H12ClN3O2S. The molecule has 0 aliphatic heterocycles. The third-order valence-corrected chi connectivity index (χ3v) is 4.90. The van der Waals surface area contributed by atoms with Gasteiger partial charge in [-0.05, 0) is 35.4 Å². The van der Waals surface area contributed by atoms with E-state index in [1.54, 1.807) is 18.2 Å². The molecule has 2 aromatic heterocycles. The zero-order valence-corrected chi connectivity index (χ0v) is 14.9. The third-order valence-electron chi connectivity index (χ3n) is 3.86. The number of thiophene rings is 1. The second kappa shape index (κ2) is 6.74. The van der Waals surface area contributed by atoms with Gasteiger partial charge in [-0.15, -0.1) is 11.3 Å². The number of aromatic nitrogens is 2. The van der Waals surface area contributed by atoms with E-state index >= 15 is 0 Å². The predicted molar refractivity (Wildman–Crippen MR) is 105 cm³/mol. The summed E-state index contributed by atoms with van der Waals surface area (Å²) < 4.78 is 0. The maximum absolute atomic E-state index is 11.2. The van der Waals surface area contributed by atoms with E-state index in [0.717, 1.165) is 21.3 Å². The lowest BCUT2D eigenvalue weighted by Gasteiger charge is -2.10. The van der Waals surface area contributed by atoms with Crippen LogP contribution < -0.4 is 5.32 Å². The molecule has 0 aliphatic carbocycles. The summed E-state index contributed by atoms with van der Waals surface area (Å²) in [6.45, 7) is 0. The molecule has 5 nitrogen and oxygen atoms in total. The van der Waals surface area contributed by atoms with Crippen LogP contribution in [0.3, 0.4) is 0 Å². The fourth-order valence-corrected chi connectivity index (χ4v) is 3.87. The van der Waals surface area contributed by atoms with Gasteiger partial charge in [0.1, 0.15) is 10.6 Å². The molecule has 0 spiro atoms. The molecule has 26 heavy (non-hydrogen) atoms. The lowest BCUT2D eigenvalue weighted by Crippen LogP contribution is -2.00. The fraction of sp³-hybridized carbons (Fsp3) is 0. The Labute approximate surface area is 157 Å². The van der Waals surface area contributed by atoms with Crippen LogP contribution in [0.2, 0.25) is 5.28 Å². The van der Waals surface area contributed by atoms with Gasteiger partial charge in [0.05, 0.1) is 10.9 Å². The first kappa shape index (κ1) is 16.5. The van der Waals surface area contributed by atoms with Crippen molar-refractivity contribution < 1.29 is 9.90 Å². The first-order valence-corrected chi connectivity index (χ1v) is 8.98. The maximum Gasteiger partial charge on any atom is 0.335 e. The monoisotopic (exact) mass is 381 g/mol. The van der Waals surface area contributed by atoms with E-state index in [-0.39, 0.29) is 10.8 Å². The molecular weight excluding hydrogens is 370 g/mol. The van der Waals surface area contributed by atoms with Crippen LogP contribution in [-0.2, 0) is 0 Å². The van der Waals surface area contributed by atoms with E-state index in [1.807, 2.05) is 35.7 Å². The summed E-state index contributed by atoms with van der Waals surface area (Å²) in [5, 5.41) is 15.4. The standard InChI is InChI=1S/C19H12ClN3O2S/c20-19-22-16(21-13-8-4-7-12(9-13)18(24)25)15-14(10-26-17(15)23-19)11-5-2-1-3-6-11/h1-10H,(H,24,25)(H,21,22,23). The molecule has 2 heterocycles. The Morgan fingerprint density at radius 1 is 1.08 bits per heavy atom. The summed E-state index contributed by atoms with van der Waals surface area (Å²) in [7, 11) is 0. The van der Waals surface area contributed by atoms with Crippen molar-refractivity contribution in [3.05, 3.63) is 70.8 Å². The summed E-state index contributed by atoms with van der Waals surface area (Å²) >= 11 is 7.56. The first-order chi connectivity index (χ1) is 12.6. The van der Waals surface area contributed by atoms with Crippen LogP contribution in [0.25, 0.3) is 21.3 Å². The van der Waals surface area contributed by atoms with Crippen molar-refractivity contribution in [2.75, 3.05) is 5.32 Å². The van der Waals surface area contributed by atoms with Gasteiger partial charge in [-0.1, -0.05) is 36.4 Å². The Bertz CT molecular complexity index is 1110. The van der Waals surface area contributed by atoms with Crippen molar-refractivity contribution in [3.8, 4) is 11.1 Å². The number of nitrogens with zero attached hydrogens (tertiary/aromatic N) is 2. The fourth-order valence-electron chi connectivity index (χ4n) is 2.70. The molecule has 0 aliphatic rings. The van der Waals surface area contributed by atoms with Crippen LogP contribution in [0.5, 0.6) is 0 Å². The number of fused-ring (bicyclic) bond motifs is 1. The number of carboxylic acids is 1. The average molecular weight is 382 g/mol. The van der Waals surface area contributed by atoms with Gasteiger partial charge in [-0.3, -0.25) is 0 Å². The number of aromatic carboxylic acids is 1. The second-order valence-corrected chi connectivity index (χ2v) is 6.74. The number of nitrogens with one attached hydrogen (secondary N) is 1. The molecule has 0 amide bonds. The van der Waals surface area contributed by atoms with Gasteiger partial charge < -0.3 is 10.4 Å². The van der Waals surface area contributed by atoms with Crippen molar-refractivity contribution in [1.29, 1.82) is 0 Å². The molecule has 4 rings (SSSR count). The van der Waals surface area contributed by atoms with Crippen molar-refractivity contribution in [3.63, 3.8) is 0 Å². The lowest BCUT2D eigenvalue weighted by molar-refractivity contribution is 0.0697. The van der Waals surface area contributed by atoms with Gasteiger partial charge in [0.15, 0.2) is 0 Å². The topological polar surface area (TPSA) is 75.1 Å². The number of carboxylic acid groups (broad SMARTS) is 1. The number of halogens is 1. The summed E-state index contributed by atoms with van der Waals surface area (Å²) in [6.07, 6.45) is 0. The van der Waals surface area contributed by atoms with Crippen molar-refractivity contribution in [1.82, 2.24) is 9.97 Å². The van der Waals surface area contributed by atoms with E-state index in [4.69, 9.17) is 11.6 Å². The van der Waals surface area contributed by atoms with Crippen molar-refractivity contribution >= 4 is 50.6 Å². The van der Waals surface area contributed by atoms with E-state index in [2.05, 4.69) is 15.3 Å². The van der Waals surface area contributed by atoms with Crippen LogP contribution in [-0.4, -0.2) is 21.0 Å². The SMILES string of the molecule is O=C(O)c1cccc(Nc2nc(Cl)nc3scc(-c4ccccc4)c23)c1. The van der Waals surface area contributed by atoms with Gasteiger partial charge in [0.25, 0.3) is 0 Å². The molecule has 0 saturated carbocycles. The van der Waals surface area contributed by atoms with Crippen LogP contribution in [0.15, 0.2) is 60.0 Å². The van der Waals surface area contributed by atoms with E-state index < -0.39 is 5.97 Å². The van der Waals surface area contributed by atoms with Gasteiger partial charge >= 0.3 is 5.97 Å². The molecule has 0 atom stereocenters. The third kappa shape index (κ3) is 3.12. The van der Waals surface area contributed by atoms with Gasteiger partial charge in [0, 0.05) is 16.6 Å². The number of hydrogen-bond acceptors (Lipinski definition) is 5. The Hall–Kier alpha value is -2.96. The molecule has 0 radical (unpaired) electrons. The Kier molecular flexibility index (Phi) is 4.28. The highest BCUT2D eigenvalue weighted by molar-refractivity contribution is 7.17. The molecule has 0 saturated heterocycles. The highest BCUT2D eigenvalue weighted by Gasteiger charge is 2.15. The van der Waals surface area contributed by atoms with Crippen molar-refractivity contribution in [2.45, 2.75) is 0 Å². The minimum Gasteiger partial charge on any atom is -0.478 e. The number of hydrogen-bond donors (Lipinski definition) is 2. The number of carbonyl (C=O) groups is 1. The molecule has 2 N–H and O–H groups in total. The molecule has 4 aromatic rings. The molecule has 0 unspecified atom stereocenters. The van der Waals surface area contributed by atoms with E-state index in [1.165, 1.54) is 17.4 Å². The molecule has 7 heteroatoms. The van der Waals surface area contributed by atoms with Crippen LogP contribution >= 0.6 is 22.9 Å².